The van der Waals surface area contributed by atoms with E-state index in [1.165, 1.54) is 5.56 Å². The zero-order valence-corrected chi connectivity index (χ0v) is 20.2. The number of hydrogen-bond donors (Lipinski definition) is 1. The van der Waals surface area contributed by atoms with Gasteiger partial charge in [0, 0.05) is 45.7 Å². The maximum absolute atomic E-state index is 12.4. The summed E-state index contributed by atoms with van der Waals surface area (Å²) in [5.41, 5.74) is 0.759. The number of nitrogens with one attached hydrogen (secondary N) is 1. The average Bonchev–Trinajstić information content (AvgIpc) is 3.23. The molecule has 1 aromatic rings. The summed E-state index contributed by atoms with van der Waals surface area (Å²) in [5, 5.41) is 3.55. The molecule has 2 fully saturated rings. The highest BCUT2D eigenvalue weighted by Gasteiger charge is 2.29. The lowest BCUT2D eigenvalue weighted by atomic mass is 9.98. The Morgan fingerprint density at radius 1 is 1.09 bits per heavy atom. The maximum atomic E-state index is 12.4. The van der Waals surface area contributed by atoms with Crippen molar-refractivity contribution in [3.05, 3.63) is 35.9 Å². The third-order valence-electron chi connectivity index (χ3n) is 5.98. The molecule has 2 atom stereocenters. The fourth-order valence-electron chi connectivity index (χ4n) is 4.37. The van der Waals surface area contributed by atoms with E-state index in [1.54, 1.807) is 0 Å². The first-order valence-electron chi connectivity index (χ1n) is 11.9. The van der Waals surface area contributed by atoms with E-state index in [0.717, 1.165) is 64.6 Å². The number of carbonyl (C=O) groups excluding carboxylic acids is 1. The van der Waals surface area contributed by atoms with Crippen molar-refractivity contribution in [2.45, 2.75) is 52.2 Å². The summed E-state index contributed by atoms with van der Waals surface area (Å²) < 4.78 is 11.5. The summed E-state index contributed by atoms with van der Waals surface area (Å²) in [5.74, 6) is 1.88. The molecule has 0 radical (unpaired) electrons. The van der Waals surface area contributed by atoms with Crippen LogP contribution >= 0.6 is 0 Å². The molecule has 1 aromatic carbocycles. The topological polar surface area (TPSA) is 66.4 Å². The molecule has 2 aliphatic heterocycles. The Labute approximate surface area is 193 Å². The van der Waals surface area contributed by atoms with Gasteiger partial charge in [0.1, 0.15) is 5.60 Å². The van der Waals surface area contributed by atoms with Crippen molar-refractivity contribution in [1.82, 2.24) is 15.1 Å². The molecule has 2 aliphatic rings. The Kier molecular flexibility index (Phi) is 8.79. The minimum absolute atomic E-state index is 0.204. The van der Waals surface area contributed by atoms with Crippen LogP contribution < -0.4 is 5.32 Å². The number of guanidine groups is 1. The molecule has 3 rings (SSSR count). The number of benzene rings is 1. The van der Waals surface area contributed by atoms with Gasteiger partial charge in [-0.3, -0.25) is 4.99 Å². The van der Waals surface area contributed by atoms with E-state index in [-0.39, 0.29) is 6.09 Å². The van der Waals surface area contributed by atoms with E-state index in [9.17, 15) is 4.79 Å². The van der Waals surface area contributed by atoms with Crippen LogP contribution in [0.25, 0.3) is 0 Å². The number of nitrogens with zero attached hydrogens (tertiary/aromatic N) is 3. The molecule has 2 unspecified atom stereocenters. The predicted molar refractivity (Wildman–Crippen MR) is 128 cm³/mol. The highest BCUT2D eigenvalue weighted by atomic mass is 16.6. The first-order chi connectivity index (χ1) is 15.3. The van der Waals surface area contributed by atoms with Crippen LogP contribution in [0, 0.1) is 11.8 Å². The van der Waals surface area contributed by atoms with Gasteiger partial charge in [-0.15, -0.1) is 0 Å². The molecule has 32 heavy (non-hydrogen) atoms. The third kappa shape index (κ3) is 7.69. The van der Waals surface area contributed by atoms with Gasteiger partial charge in [-0.2, -0.15) is 0 Å². The maximum Gasteiger partial charge on any atom is 0.410 e. The summed E-state index contributed by atoms with van der Waals surface area (Å²) in [4.78, 5) is 21.1. The van der Waals surface area contributed by atoms with Crippen LogP contribution in [0.4, 0.5) is 4.79 Å². The standard InChI is InChI=1S/C25H40N4O3/c1-25(2,3)32-24(30)29-13-8-11-21(16-29)15-27-23(26-4)28-14-12-22(17-28)19-31-18-20-9-6-5-7-10-20/h5-7,9-10,21-22H,8,11-19H2,1-4H3,(H,26,27). The van der Waals surface area contributed by atoms with E-state index < -0.39 is 5.60 Å². The lowest BCUT2D eigenvalue weighted by Gasteiger charge is -2.34. The second kappa shape index (κ2) is 11.5. The summed E-state index contributed by atoms with van der Waals surface area (Å²) in [7, 11) is 1.84. The van der Waals surface area contributed by atoms with E-state index in [0.29, 0.717) is 18.4 Å². The molecule has 2 saturated heterocycles. The van der Waals surface area contributed by atoms with Crippen molar-refractivity contribution in [3.63, 3.8) is 0 Å². The van der Waals surface area contributed by atoms with Gasteiger partial charge < -0.3 is 24.6 Å². The van der Waals surface area contributed by atoms with E-state index in [1.807, 2.05) is 50.9 Å². The summed E-state index contributed by atoms with van der Waals surface area (Å²) in [6.45, 7) is 11.5. The molecule has 1 N–H and O–H groups in total. The predicted octanol–water partition coefficient (Wildman–Crippen LogP) is 3.75. The number of aliphatic imine (C=N–C) groups is 1. The Balaban J connectivity index is 1.39. The van der Waals surface area contributed by atoms with Crippen molar-refractivity contribution in [3.8, 4) is 0 Å². The van der Waals surface area contributed by atoms with Gasteiger partial charge in [-0.1, -0.05) is 30.3 Å². The molecule has 0 saturated carbocycles. The molecule has 0 spiro atoms. The number of likely N-dealkylation sites (tertiary alicyclic amines) is 2. The molecule has 7 heteroatoms. The normalized spacial score (nSPS) is 22.2. The lowest BCUT2D eigenvalue weighted by molar-refractivity contribution is 0.0168. The minimum Gasteiger partial charge on any atom is -0.444 e. The Morgan fingerprint density at radius 2 is 1.84 bits per heavy atom. The number of amides is 1. The van der Waals surface area contributed by atoms with Crippen molar-refractivity contribution < 1.29 is 14.3 Å². The van der Waals surface area contributed by atoms with Gasteiger partial charge in [-0.25, -0.2) is 4.79 Å². The summed E-state index contributed by atoms with van der Waals surface area (Å²) in [6.07, 6.45) is 3.03. The van der Waals surface area contributed by atoms with Crippen molar-refractivity contribution >= 4 is 12.1 Å². The summed E-state index contributed by atoms with van der Waals surface area (Å²) in [6, 6.07) is 10.3. The highest BCUT2D eigenvalue weighted by Crippen LogP contribution is 2.20. The van der Waals surface area contributed by atoms with E-state index >= 15 is 0 Å². The zero-order valence-electron chi connectivity index (χ0n) is 20.2. The molecular weight excluding hydrogens is 404 g/mol. The molecule has 1 amide bonds. The Hall–Kier alpha value is -2.28. The van der Waals surface area contributed by atoms with Gasteiger partial charge in [-0.05, 0) is 51.5 Å². The average molecular weight is 445 g/mol. The third-order valence-corrected chi connectivity index (χ3v) is 5.98. The second-order valence-corrected chi connectivity index (χ2v) is 9.96. The Bertz CT molecular complexity index is 747. The van der Waals surface area contributed by atoms with Crippen LogP contribution in [0.1, 0.15) is 45.6 Å². The minimum atomic E-state index is -0.457. The number of piperidine rings is 1. The van der Waals surface area contributed by atoms with Crippen LogP contribution in [0.3, 0.4) is 0 Å². The largest absolute Gasteiger partial charge is 0.444 e. The second-order valence-electron chi connectivity index (χ2n) is 9.96. The fourth-order valence-corrected chi connectivity index (χ4v) is 4.37. The first-order valence-corrected chi connectivity index (χ1v) is 11.9. The lowest BCUT2D eigenvalue weighted by Crippen LogP contribution is -2.47. The van der Waals surface area contributed by atoms with Crippen LogP contribution in [0.15, 0.2) is 35.3 Å². The Morgan fingerprint density at radius 3 is 2.56 bits per heavy atom. The first kappa shape index (κ1) is 24.4. The van der Waals surface area contributed by atoms with E-state index in [4.69, 9.17) is 9.47 Å². The number of rotatable bonds is 6. The fraction of sp³-hybridized carbons (Fsp3) is 0.680. The van der Waals surface area contributed by atoms with Gasteiger partial charge in [0.05, 0.1) is 13.2 Å². The van der Waals surface area contributed by atoms with Crippen molar-refractivity contribution in [2.24, 2.45) is 16.8 Å². The summed E-state index contributed by atoms with van der Waals surface area (Å²) >= 11 is 0. The smallest absolute Gasteiger partial charge is 0.410 e. The van der Waals surface area contributed by atoms with Crippen LogP contribution in [-0.2, 0) is 16.1 Å². The monoisotopic (exact) mass is 444 g/mol. The van der Waals surface area contributed by atoms with E-state index in [2.05, 4.69) is 27.3 Å². The van der Waals surface area contributed by atoms with Crippen molar-refractivity contribution in [2.75, 3.05) is 46.4 Å². The van der Waals surface area contributed by atoms with Gasteiger partial charge >= 0.3 is 6.09 Å². The molecule has 0 bridgehead atoms. The van der Waals surface area contributed by atoms with Crippen LogP contribution in [0.5, 0.6) is 0 Å². The quantitative estimate of drug-likeness (QED) is 0.535. The van der Waals surface area contributed by atoms with Crippen LogP contribution in [0.2, 0.25) is 0 Å². The zero-order chi connectivity index (χ0) is 23.0. The van der Waals surface area contributed by atoms with Crippen LogP contribution in [-0.4, -0.2) is 73.8 Å². The molecule has 178 valence electrons. The van der Waals surface area contributed by atoms with Gasteiger partial charge in [0.15, 0.2) is 5.96 Å². The number of carbonyl (C=O) groups is 1. The number of ether oxygens (including phenoxy) is 2. The SMILES string of the molecule is CN=C(NCC1CCCN(C(=O)OC(C)(C)C)C1)N1CCC(COCc2ccccc2)C1. The molecule has 0 aliphatic carbocycles. The molecule has 2 heterocycles. The molecular formula is C25H40N4O3. The van der Waals surface area contributed by atoms with Gasteiger partial charge in [0.2, 0.25) is 0 Å². The highest BCUT2D eigenvalue weighted by molar-refractivity contribution is 5.80. The number of hydrogen-bond acceptors (Lipinski definition) is 4. The van der Waals surface area contributed by atoms with Gasteiger partial charge in [0.25, 0.3) is 0 Å². The molecule has 0 aromatic heterocycles. The molecule has 7 nitrogen and oxygen atoms in total. The van der Waals surface area contributed by atoms with Crippen molar-refractivity contribution in [1.29, 1.82) is 0 Å².